The molecule has 1 amide bonds. The Morgan fingerprint density at radius 2 is 1.81 bits per heavy atom. The third-order valence-corrected chi connectivity index (χ3v) is 4.32. The third-order valence-electron chi connectivity index (χ3n) is 4.32. The molecule has 0 saturated carbocycles. The molecular weight excluding hydrogens is 332 g/mol. The van der Waals surface area contributed by atoms with E-state index >= 15 is 0 Å². The van der Waals surface area contributed by atoms with Crippen LogP contribution in [-0.4, -0.2) is 56.6 Å². The van der Waals surface area contributed by atoms with Gasteiger partial charge in [-0.3, -0.25) is 4.79 Å². The minimum atomic E-state index is -0.589. The van der Waals surface area contributed by atoms with Crippen LogP contribution in [0.2, 0.25) is 0 Å². The van der Waals surface area contributed by atoms with Gasteiger partial charge in [-0.2, -0.15) is 0 Å². The summed E-state index contributed by atoms with van der Waals surface area (Å²) in [6.45, 7) is 4.01. The highest BCUT2D eigenvalue weighted by Crippen LogP contribution is 2.20. The molecule has 1 atom stereocenters. The van der Waals surface area contributed by atoms with Crippen molar-refractivity contribution in [1.82, 2.24) is 0 Å². The third kappa shape index (κ3) is 5.29. The molecule has 1 saturated heterocycles. The Morgan fingerprint density at radius 3 is 2.58 bits per heavy atom. The second kappa shape index (κ2) is 9.33. The summed E-state index contributed by atoms with van der Waals surface area (Å²) in [5, 5.41) is 13.1. The summed E-state index contributed by atoms with van der Waals surface area (Å²) in [6, 6.07) is 16.3. The molecule has 1 fully saturated rings. The van der Waals surface area contributed by atoms with Crippen molar-refractivity contribution in [2.75, 3.05) is 44.8 Å². The summed E-state index contributed by atoms with van der Waals surface area (Å²) in [5.41, 5.74) is 1.17. The smallest absolute Gasteiger partial charge is 0.259 e. The number of quaternary nitrogens is 1. The van der Waals surface area contributed by atoms with Crippen LogP contribution >= 0.6 is 0 Å². The second-order valence-corrected chi connectivity index (χ2v) is 6.35. The van der Waals surface area contributed by atoms with Gasteiger partial charge in [0.1, 0.15) is 38.1 Å². The molecule has 0 radical (unpaired) electrons. The Hall–Kier alpha value is -2.41. The molecule has 0 bridgehead atoms. The quantitative estimate of drug-likeness (QED) is 0.678. The van der Waals surface area contributed by atoms with E-state index in [1.165, 1.54) is 4.90 Å². The number of morpholine rings is 1. The zero-order chi connectivity index (χ0) is 18.2. The Balaban J connectivity index is 1.57. The summed E-state index contributed by atoms with van der Waals surface area (Å²) < 4.78 is 11.1. The van der Waals surface area contributed by atoms with Gasteiger partial charge in [0.15, 0.2) is 0 Å². The summed E-state index contributed by atoms with van der Waals surface area (Å²) >= 11 is 0. The van der Waals surface area contributed by atoms with Crippen molar-refractivity contribution < 1.29 is 24.3 Å². The van der Waals surface area contributed by atoms with E-state index in [9.17, 15) is 9.90 Å². The van der Waals surface area contributed by atoms with Crippen molar-refractivity contribution >= 4 is 11.6 Å². The maximum Gasteiger partial charge on any atom is 0.259 e. The SMILES string of the molecule is O=C(Nc1ccccc1)c1ccccc1OC[C@@H](O)C[NH+]1CCOCC1. The predicted molar refractivity (Wildman–Crippen MR) is 98.7 cm³/mol. The number of amides is 1. The van der Waals surface area contributed by atoms with Gasteiger partial charge in [0.25, 0.3) is 5.91 Å². The summed E-state index contributed by atoms with van der Waals surface area (Å²) in [6.07, 6.45) is -0.589. The van der Waals surface area contributed by atoms with Gasteiger partial charge < -0.3 is 24.8 Å². The molecular formula is C20H25N2O4+. The van der Waals surface area contributed by atoms with Crippen LogP contribution in [0.25, 0.3) is 0 Å². The van der Waals surface area contributed by atoms with Crippen molar-refractivity contribution in [3.05, 3.63) is 60.2 Å². The molecule has 3 N–H and O–H groups in total. The highest BCUT2D eigenvalue weighted by Gasteiger charge is 2.19. The fraction of sp³-hybridized carbons (Fsp3) is 0.350. The van der Waals surface area contributed by atoms with Crippen LogP contribution < -0.4 is 15.0 Å². The minimum Gasteiger partial charge on any atom is -0.490 e. The Labute approximate surface area is 153 Å². The molecule has 6 heteroatoms. The van der Waals surface area contributed by atoms with Crippen LogP contribution in [0.15, 0.2) is 54.6 Å². The van der Waals surface area contributed by atoms with E-state index < -0.39 is 6.10 Å². The highest BCUT2D eigenvalue weighted by molar-refractivity contribution is 6.06. The number of rotatable bonds is 7. The molecule has 6 nitrogen and oxygen atoms in total. The maximum absolute atomic E-state index is 12.5. The lowest BCUT2D eigenvalue weighted by molar-refractivity contribution is -0.911. The number of hydrogen-bond acceptors (Lipinski definition) is 4. The molecule has 138 valence electrons. The van der Waals surface area contributed by atoms with Gasteiger partial charge in [-0.1, -0.05) is 30.3 Å². The zero-order valence-electron chi connectivity index (χ0n) is 14.7. The lowest BCUT2D eigenvalue weighted by Gasteiger charge is -2.25. The predicted octanol–water partition coefficient (Wildman–Crippen LogP) is 0.594. The fourth-order valence-corrected chi connectivity index (χ4v) is 2.94. The van der Waals surface area contributed by atoms with Crippen LogP contribution in [-0.2, 0) is 4.74 Å². The molecule has 1 aliphatic rings. The van der Waals surface area contributed by atoms with E-state index in [-0.39, 0.29) is 12.5 Å². The van der Waals surface area contributed by atoms with Gasteiger partial charge >= 0.3 is 0 Å². The number of aliphatic hydroxyl groups is 1. The first-order valence-electron chi connectivity index (χ1n) is 8.90. The molecule has 0 unspecified atom stereocenters. The minimum absolute atomic E-state index is 0.153. The number of ether oxygens (including phenoxy) is 2. The summed E-state index contributed by atoms with van der Waals surface area (Å²) in [4.78, 5) is 13.8. The molecule has 1 aliphatic heterocycles. The molecule has 3 rings (SSSR count). The topological polar surface area (TPSA) is 72.2 Å². The number of para-hydroxylation sites is 2. The van der Waals surface area contributed by atoms with Gasteiger partial charge in [-0.15, -0.1) is 0 Å². The van der Waals surface area contributed by atoms with Crippen LogP contribution in [0.1, 0.15) is 10.4 Å². The van der Waals surface area contributed by atoms with Gasteiger partial charge in [-0.25, -0.2) is 0 Å². The Kier molecular flexibility index (Phi) is 6.60. The monoisotopic (exact) mass is 357 g/mol. The molecule has 1 heterocycles. The maximum atomic E-state index is 12.5. The van der Waals surface area contributed by atoms with Crippen LogP contribution in [0.3, 0.4) is 0 Å². The standard InChI is InChI=1S/C20H24N2O4/c23-17(14-22-10-12-25-13-11-22)15-26-19-9-5-4-8-18(19)20(24)21-16-6-2-1-3-7-16/h1-9,17,23H,10-15H2,(H,21,24)/p+1/t17-/m0/s1. The molecule has 0 spiro atoms. The van der Waals surface area contributed by atoms with Crippen molar-refractivity contribution in [2.24, 2.45) is 0 Å². The number of nitrogens with one attached hydrogen (secondary N) is 2. The second-order valence-electron chi connectivity index (χ2n) is 6.35. The largest absolute Gasteiger partial charge is 0.490 e. The number of carbonyl (C=O) groups is 1. The van der Waals surface area contributed by atoms with E-state index in [0.717, 1.165) is 32.0 Å². The van der Waals surface area contributed by atoms with E-state index in [1.54, 1.807) is 18.2 Å². The van der Waals surface area contributed by atoms with Crippen molar-refractivity contribution in [3.63, 3.8) is 0 Å². The first kappa shape index (κ1) is 18.4. The van der Waals surface area contributed by atoms with Crippen molar-refractivity contribution in [3.8, 4) is 5.75 Å². The Bertz CT molecular complexity index is 702. The van der Waals surface area contributed by atoms with E-state index in [0.29, 0.717) is 17.9 Å². The average molecular weight is 357 g/mol. The van der Waals surface area contributed by atoms with E-state index in [4.69, 9.17) is 9.47 Å². The zero-order valence-corrected chi connectivity index (χ0v) is 14.7. The first-order valence-corrected chi connectivity index (χ1v) is 8.90. The number of carbonyl (C=O) groups excluding carboxylic acids is 1. The highest BCUT2D eigenvalue weighted by atomic mass is 16.5. The first-order chi connectivity index (χ1) is 12.7. The van der Waals surface area contributed by atoms with Gasteiger partial charge in [-0.05, 0) is 24.3 Å². The van der Waals surface area contributed by atoms with Crippen molar-refractivity contribution in [1.29, 1.82) is 0 Å². The summed E-state index contributed by atoms with van der Waals surface area (Å²) in [7, 11) is 0. The van der Waals surface area contributed by atoms with E-state index in [1.807, 2.05) is 36.4 Å². The summed E-state index contributed by atoms with van der Waals surface area (Å²) in [5.74, 6) is 0.233. The van der Waals surface area contributed by atoms with Gasteiger partial charge in [0, 0.05) is 5.69 Å². The Morgan fingerprint density at radius 1 is 1.12 bits per heavy atom. The molecule has 2 aromatic rings. The number of anilines is 1. The number of hydrogen-bond donors (Lipinski definition) is 3. The van der Waals surface area contributed by atoms with Crippen molar-refractivity contribution in [2.45, 2.75) is 6.10 Å². The lowest BCUT2D eigenvalue weighted by atomic mass is 10.2. The lowest BCUT2D eigenvalue weighted by Crippen LogP contribution is -3.15. The molecule has 2 aromatic carbocycles. The average Bonchev–Trinajstić information content (AvgIpc) is 2.68. The fourth-order valence-electron chi connectivity index (χ4n) is 2.94. The molecule has 26 heavy (non-hydrogen) atoms. The molecule has 0 aromatic heterocycles. The normalized spacial score (nSPS) is 16.0. The van der Waals surface area contributed by atoms with Crippen LogP contribution in [0.5, 0.6) is 5.75 Å². The van der Waals surface area contributed by atoms with E-state index in [2.05, 4.69) is 5.32 Å². The number of benzene rings is 2. The molecule has 0 aliphatic carbocycles. The van der Waals surface area contributed by atoms with Crippen LogP contribution in [0, 0.1) is 0 Å². The van der Waals surface area contributed by atoms with Gasteiger partial charge in [0.2, 0.25) is 0 Å². The van der Waals surface area contributed by atoms with Gasteiger partial charge in [0.05, 0.1) is 18.8 Å². The number of aliphatic hydroxyl groups excluding tert-OH is 1. The van der Waals surface area contributed by atoms with Crippen LogP contribution in [0.4, 0.5) is 5.69 Å².